The standard InChI is InChI=1S/C11H17N3O4/c1-18-6-8(2-3-15)13-5-10-9(11(16)17)4-12-7-14-10/h4,7-8,13,15H,2-3,5-6H2,1H3,(H,16,17). The molecule has 0 radical (unpaired) electrons. The van der Waals surface area contributed by atoms with Crippen LogP contribution in [0.25, 0.3) is 0 Å². The summed E-state index contributed by atoms with van der Waals surface area (Å²) in [5.74, 6) is -1.06. The molecular formula is C11H17N3O4. The van der Waals surface area contributed by atoms with E-state index in [1.165, 1.54) is 12.5 Å². The largest absolute Gasteiger partial charge is 0.478 e. The molecule has 1 heterocycles. The molecular weight excluding hydrogens is 238 g/mol. The van der Waals surface area contributed by atoms with E-state index >= 15 is 0 Å². The van der Waals surface area contributed by atoms with Gasteiger partial charge in [0, 0.05) is 32.5 Å². The van der Waals surface area contributed by atoms with E-state index in [1.54, 1.807) is 7.11 Å². The first-order chi connectivity index (χ1) is 8.69. The number of nitrogens with one attached hydrogen (secondary N) is 1. The number of aliphatic hydroxyl groups is 1. The van der Waals surface area contributed by atoms with Crippen LogP contribution in [-0.4, -0.2) is 52.5 Å². The zero-order valence-corrected chi connectivity index (χ0v) is 10.2. The van der Waals surface area contributed by atoms with Crippen LogP contribution in [0.15, 0.2) is 12.5 Å². The molecule has 3 N–H and O–H groups in total. The second-order valence-electron chi connectivity index (χ2n) is 3.73. The smallest absolute Gasteiger partial charge is 0.339 e. The van der Waals surface area contributed by atoms with Crippen LogP contribution in [0.2, 0.25) is 0 Å². The Kier molecular flexibility index (Phi) is 6.20. The quantitative estimate of drug-likeness (QED) is 0.583. The van der Waals surface area contributed by atoms with E-state index in [2.05, 4.69) is 15.3 Å². The number of hydrogen-bond donors (Lipinski definition) is 3. The molecule has 1 aromatic rings. The summed E-state index contributed by atoms with van der Waals surface area (Å²) in [5.41, 5.74) is 0.488. The van der Waals surface area contributed by atoms with Gasteiger partial charge in [0.2, 0.25) is 0 Å². The number of ether oxygens (including phenoxy) is 1. The van der Waals surface area contributed by atoms with E-state index in [1.807, 2.05) is 0 Å². The van der Waals surface area contributed by atoms with Gasteiger partial charge in [-0.15, -0.1) is 0 Å². The van der Waals surface area contributed by atoms with Gasteiger partial charge in [-0.25, -0.2) is 14.8 Å². The maximum absolute atomic E-state index is 10.9. The van der Waals surface area contributed by atoms with Gasteiger partial charge in [-0.1, -0.05) is 0 Å². The Morgan fingerprint density at radius 3 is 3.00 bits per heavy atom. The monoisotopic (exact) mass is 255 g/mol. The lowest BCUT2D eigenvalue weighted by atomic mass is 10.2. The summed E-state index contributed by atoms with van der Waals surface area (Å²) in [6.07, 6.45) is 3.10. The Morgan fingerprint density at radius 1 is 1.61 bits per heavy atom. The fourth-order valence-electron chi connectivity index (χ4n) is 1.52. The highest BCUT2D eigenvalue weighted by molar-refractivity contribution is 5.88. The normalized spacial score (nSPS) is 12.3. The lowest BCUT2D eigenvalue weighted by molar-refractivity contribution is 0.0694. The topological polar surface area (TPSA) is 105 Å². The Bertz CT molecular complexity index is 380. The minimum Gasteiger partial charge on any atom is -0.478 e. The van der Waals surface area contributed by atoms with Crippen LogP contribution in [0, 0.1) is 0 Å². The van der Waals surface area contributed by atoms with Crippen LogP contribution in [0.5, 0.6) is 0 Å². The second kappa shape index (κ2) is 7.70. The minimum absolute atomic E-state index is 0.0383. The molecule has 0 bridgehead atoms. The predicted molar refractivity (Wildman–Crippen MR) is 63.2 cm³/mol. The van der Waals surface area contributed by atoms with Crippen LogP contribution >= 0.6 is 0 Å². The van der Waals surface area contributed by atoms with Gasteiger partial charge in [-0.2, -0.15) is 0 Å². The maximum atomic E-state index is 10.9. The third-order valence-electron chi connectivity index (χ3n) is 2.43. The number of carboxylic acid groups (broad SMARTS) is 1. The Balaban J connectivity index is 2.63. The number of carbonyl (C=O) groups is 1. The summed E-state index contributed by atoms with van der Waals surface area (Å²) in [6.45, 7) is 0.767. The average molecular weight is 255 g/mol. The third kappa shape index (κ3) is 4.36. The highest BCUT2D eigenvalue weighted by Crippen LogP contribution is 2.04. The lowest BCUT2D eigenvalue weighted by Crippen LogP contribution is -2.34. The fraction of sp³-hybridized carbons (Fsp3) is 0.545. The molecule has 7 nitrogen and oxygen atoms in total. The van der Waals surface area contributed by atoms with Gasteiger partial charge in [0.25, 0.3) is 0 Å². The van der Waals surface area contributed by atoms with Gasteiger partial charge in [0.15, 0.2) is 0 Å². The van der Waals surface area contributed by atoms with Crippen LogP contribution in [0.3, 0.4) is 0 Å². The van der Waals surface area contributed by atoms with Crippen molar-refractivity contribution in [3.05, 3.63) is 23.8 Å². The van der Waals surface area contributed by atoms with Crippen molar-refractivity contribution in [3.8, 4) is 0 Å². The summed E-state index contributed by atoms with van der Waals surface area (Å²) < 4.78 is 5.00. The molecule has 0 fully saturated rings. The molecule has 1 atom stereocenters. The molecule has 0 amide bonds. The zero-order valence-electron chi connectivity index (χ0n) is 10.2. The van der Waals surface area contributed by atoms with Crippen LogP contribution in [-0.2, 0) is 11.3 Å². The second-order valence-corrected chi connectivity index (χ2v) is 3.73. The van der Waals surface area contributed by atoms with Crippen molar-refractivity contribution in [1.82, 2.24) is 15.3 Å². The van der Waals surface area contributed by atoms with E-state index in [9.17, 15) is 4.79 Å². The molecule has 100 valence electrons. The number of carboxylic acids is 1. The molecule has 1 unspecified atom stereocenters. The van der Waals surface area contributed by atoms with Crippen molar-refractivity contribution < 1.29 is 19.7 Å². The molecule has 18 heavy (non-hydrogen) atoms. The van der Waals surface area contributed by atoms with Crippen molar-refractivity contribution in [2.75, 3.05) is 20.3 Å². The molecule has 0 aliphatic heterocycles. The highest BCUT2D eigenvalue weighted by atomic mass is 16.5. The number of nitrogens with zero attached hydrogens (tertiary/aromatic N) is 2. The maximum Gasteiger partial charge on any atom is 0.339 e. The molecule has 0 aliphatic carbocycles. The molecule has 0 saturated heterocycles. The number of hydrogen-bond acceptors (Lipinski definition) is 6. The molecule has 1 rings (SSSR count). The lowest BCUT2D eigenvalue weighted by Gasteiger charge is -2.16. The van der Waals surface area contributed by atoms with E-state index < -0.39 is 5.97 Å². The predicted octanol–water partition coefficient (Wildman–Crippen LogP) is -0.338. The first-order valence-corrected chi connectivity index (χ1v) is 5.54. The summed E-state index contributed by atoms with van der Waals surface area (Å²) in [5, 5.41) is 20.9. The summed E-state index contributed by atoms with van der Waals surface area (Å²) in [6, 6.07) is -0.0448. The molecule has 7 heteroatoms. The van der Waals surface area contributed by atoms with Crippen molar-refractivity contribution in [1.29, 1.82) is 0 Å². The molecule has 0 saturated carbocycles. The Hall–Kier alpha value is -1.57. The van der Waals surface area contributed by atoms with Crippen LogP contribution < -0.4 is 5.32 Å². The van der Waals surface area contributed by atoms with Crippen molar-refractivity contribution in [3.63, 3.8) is 0 Å². The van der Waals surface area contributed by atoms with E-state index in [0.29, 0.717) is 18.7 Å². The SMILES string of the molecule is COCC(CCO)NCc1ncncc1C(=O)O. The summed E-state index contributed by atoms with van der Waals surface area (Å²) >= 11 is 0. The molecule has 0 aromatic carbocycles. The zero-order chi connectivity index (χ0) is 13.4. The number of rotatable bonds is 8. The first kappa shape index (κ1) is 14.5. The highest BCUT2D eigenvalue weighted by Gasteiger charge is 2.13. The van der Waals surface area contributed by atoms with Gasteiger partial charge < -0.3 is 20.3 Å². The molecule has 1 aromatic heterocycles. The van der Waals surface area contributed by atoms with Crippen molar-refractivity contribution in [2.24, 2.45) is 0 Å². The minimum atomic E-state index is -1.06. The number of aromatic nitrogens is 2. The van der Waals surface area contributed by atoms with E-state index in [-0.39, 0.29) is 24.8 Å². The van der Waals surface area contributed by atoms with Crippen LogP contribution in [0.1, 0.15) is 22.5 Å². The molecule has 0 aliphatic rings. The van der Waals surface area contributed by atoms with Gasteiger partial charge in [-0.3, -0.25) is 0 Å². The summed E-state index contributed by atoms with van der Waals surface area (Å²) in [7, 11) is 1.57. The number of methoxy groups -OCH3 is 1. The van der Waals surface area contributed by atoms with Gasteiger partial charge in [0.05, 0.1) is 12.3 Å². The van der Waals surface area contributed by atoms with Crippen LogP contribution in [0.4, 0.5) is 0 Å². The van der Waals surface area contributed by atoms with Gasteiger partial charge >= 0.3 is 5.97 Å². The van der Waals surface area contributed by atoms with Crippen molar-refractivity contribution in [2.45, 2.75) is 19.0 Å². The average Bonchev–Trinajstić information content (AvgIpc) is 2.36. The Labute approximate surface area is 105 Å². The number of aliphatic hydroxyl groups excluding tert-OH is 1. The van der Waals surface area contributed by atoms with Gasteiger partial charge in [-0.05, 0) is 6.42 Å². The Morgan fingerprint density at radius 2 is 2.39 bits per heavy atom. The van der Waals surface area contributed by atoms with Gasteiger partial charge in [0.1, 0.15) is 11.9 Å². The first-order valence-electron chi connectivity index (χ1n) is 5.54. The van der Waals surface area contributed by atoms with E-state index in [0.717, 1.165) is 0 Å². The number of aromatic carboxylic acids is 1. The van der Waals surface area contributed by atoms with Crippen molar-refractivity contribution >= 4 is 5.97 Å². The fourth-order valence-corrected chi connectivity index (χ4v) is 1.52. The van der Waals surface area contributed by atoms with E-state index in [4.69, 9.17) is 14.9 Å². The third-order valence-corrected chi connectivity index (χ3v) is 2.43. The summed E-state index contributed by atoms with van der Waals surface area (Å²) in [4.78, 5) is 18.6. The molecule has 0 spiro atoms.